The Bertz CT molecular complexity index is 972. The highest BCUT2D eigenvalue weighted by Crippen LogP contribution is 2.06. The molecule has 24 heavy (non-hydrogen) atoms. The van der Waals surface area contributed by atoms with Crippen molar-refractivity contribution in [2.24, 2.45) is 0 Å². The zero-order chi connectivity index (χ0) is 17.1. The Morgan fingerprint density at radius 2 is 1.79 bits per heavy atom. The highest BCUT2D eigenvalue weighted by molar-refractivity contribution is 5.94. The Labute approximate surface area is 138 Å². The quantitative estimate of drug-likeness (QED) is 0.750. The summed E-state index contributed by atoms with van der Waals surface area (Å²) in [5, 5.41) is 2.75. The van der Waals surface area contributed by atoms with Gasteiger partial charge in [-0.25, -0.2) is 0 Å². The lowest BCUT2D eigenvalue weighted by atomic mass is 10.1. The molecular weight excluding hydrogens is 304 g/mol. The number of hydrogen-bond donors (Lipinski definition) is 1. The SMILES string of the molecule is Cc1ccc(CNC(=O)c2ccc3ccc(C=O)cn3c2=O)cc1. The molecule has 5 nitrogen and oxygen atoms in total. The maximum atomic E-state index is 12.5. The maximum Gasteiger partial charge on any atom is 0.267 e. The molecule has 0 aliphatic rings. The summed E-state index contributed by atoms with van der Waals surface area (Å²) < 4.78 is 1.31. The van der Waals surface area contributed by atoms with Crippen LogP contribution in [-0.4, -0.2) is 16.6 Å². The van der Waals surface area contributed by atoms with Crippen molar-refractivity contribution in [1.29, 1.82) is 0 Å². The van der Waals surface area contributed by atoms with E-state index in [4.69, 9.17) is 0 Å². The van der Waals surface area contributed by atoms with Crippen LogP contribution in [0.15, 0.2) is 59.5 Å². The van der Waals surface area contributed by atoms with E-state index in [9.17, 15) is 14.4 Å². The van der Waals surface area contributed by atoms with Crippen molar-refractivity contribution in [2.75, 3.05) is 0 Å². The second-order valence-electron chi connectivity index (χ2n) is 5.60. The van der Waals surface area contributed by atoms with E-state index in [1.165, 1.54) is 16.7 Å². The second kappa shape index (κ2) is 6.50. The maximum absolute atomic E-state index is 12.5. The number of rotatable bonds is 4. The monoisotopic (exact) mass is 320 g/mol. The number of pyridine rings is 2. The van der Waals surface area contributed by atoms with Crippen LogP contribution in [0.5, 0.6) is 0 Å². The van der Waals surface area contributed by atoms with E-state index in [1.54, 1.807) is 18.2 Å². The van der Waals surface area contributed by atoms with Gasteiger partial charge in [-0.15, -0.1) is 0 Å². The number of benzene rings is 1. The number of aldehydes is 1. The van der Waals surface area contributed by atoms with Crippen LogP contribution in [-0.2, 0) is 6.54 Å². The topological polar surface area (TPSA) is 67.7 Å². The van der Waals surface area contributed by atoms with Gasteiger partial charge >= 0.3 is 0 Å². The molecule has 1 N–H and O–H groups in total. The molecule has 0 saturated heterocycles. The minimum Gasteiger partial charge on any atom is -0.348 e. The van der Waals surface area contributed by atoms with E-state index in [-0.39, 0.29) is 5.56 Å². The van der Waals surface area contributed by atoms with Crippen LogP contribution in [0.25, 0.3) is 5.52 Å². The Hall–Kier alpha value is -3.21. The van der Waals surface area contributed by atoms with Crippen LogP contribution in [0.4, 0.5) is 0 Å². The van der Waals surface area contributed by atoms with Crippen molar-refractivity contribution >= 4 is 17.7 Å². The first kappa shape index (κ1) is 15.7. The molecule has 0 bridgehead atoms. The average molecular weight is 320 g/mol. The van der Waals surface area contributed by atoms with Crippen molar-refractivity contribution in [3.8, 4) is 0 Å². The van der Waals surface area contributed by atoms with Gasteiger partial charge in [-0.3, -0.25) is 18.8 Å². The van der Waals surface area contributed by atoms with Gasteiger partial charge in [-0.05, 0) is 36.8 Å². The molecule has 0 radical (unpaired) electrons. The molecule has 0 spiro atoms. The van der Waals surface area contributed by atoms with Crippen LogP contribution in [0, 0.1) is 6.92 Å². The summed E-state index contributed by atoms with van der Waals surface area (Å²) in [7, 11) is 0. The largest absolute Gasteiger partial charge is 0.348 e. The van der Waals surface area contributed by atoms with Gasteiger partial charge in [0.05, 0.1) is 0 Å². The average Bonchev–Trinajstić information content (AvgIpc) is 2.61. The third kappa shape index (κ3) is 3.10. The molecule has 120 valence electrons. The molecule has 2 heterocycles. The number of amides is 1. The van der Waals surface area contributed by atoms with Gasteiger partial charge in [0.15, 0.2) is 6.29 Å². The Morgan fingerprint density at radius 1 is 1.08 bits per heavy atom. The number of carbonyl (C=O) groups is 2. The van der Waals surface area contributed by atoms with Crippen molar-refractivity contribution in [3.05, 3.63) is 87.3 Å². The fraction of sp³-hybridized carbons (Fsp3) is 0.105. The molecule has 3 rings (SSSR count). The number of hydrogen-bond acceptors (Lipinski definition) is 3. The van der Waals surface area contributed by atoms with Crippen molar-refractivity contribution in [2.45, 2.75) is 13.5 Å². The summed E-state index contributed by atoms with van der Waals surface area (Å²) in [4.78, 5) is 35.7. The highest BCUT2D eigenvalue weighted by atomic mass is 16.2. The van der Waals surface area contributed by atoms with E-state index in [2.05, 4.69) is 5.32 Å². The molecular formula is C19H16N2O3. The Balaban J connectivity index is 1.86. The van der Waals surface area contributed by atoms with Crippen molar-refractivity contribution in [3.63, 3.8) is 0 Å². The van der Waals surface area contributed by atoms with Gasteiger partial charge in [0.25, 0.3) is 11.5 Å². The van der Waals surface area contributed by atoms with Crippen LogP contribution in [0.3, 0.4) is 0 Å². The highest BCUT2D eigenvalue weighted by Gasteiger charge is 2.12. The van der Waals surface area contributed by atoms with Crippen molar-refractivity contribution < 1.29 is 9.59 Å². The smallest absolute Gasteiger partial charge is 0.267 e. The van der Waals surface area contributed by atoms with Crippen LogP contribution in [0.2, 0.25) is 0 Å². The molecule has 5 heteroatoms. The summed E-state index contributed by atoms with van der Waals surface area (Å²) in [5.74, 6) is -0.438. The van der Waals surface area contributed by atoms with Crippen LogP contribution < -0.4 is 10.9 Å². The molecule has 2 aromatic heterocycles. The molecule has 0 saturated carbocycles. The van der Waals surface area contributed by atoms with Gasteiger partial charge in [0.1, 0.15) is 5.56 Å². The fourth-order valence-corrected chi connectivity index (χ4v) is 2.44. The first-order valence-electron chi connectivity index (χ1n) is 7.53. The standard InChI is InChI=1S/C19H16N2O3/c1-13-2-4-14(5-3-13)10-20-18(23)17-9-8-16-7-6-15(12-22)11-21(16)19(17)24/h2-9,11-12H,10H2,1H3,(H,20,23). The first-order chi connectivity index (χ1) is 11.6. The predicted molar refractivity (Wildman–Crippen MR) is 91.4 cm³/mol. The zero-order valence-electron chi connectivity index (χ0n) is 13.2. The van der Waals surface area contributed by atoms with Gasteiger partial charge in [0.2, 0.25) is 0 Å². The normalized spacial score (nSPS) is 10.5. The van der Waals surface area contributed by atoms with Gasteiger partial charge in [-0.2, -0.15) is 0 Å². The minimum atomic E-state index is -0.447. The number of aryl methyl sites for hydroxylation is 1. The lowest BCUT2D eigenvalue weighted by Crippen LogP contribution is -2.30. The van der Waals surface area contributed by atoms with Gasteiger partial charge < -0.3 is 5.32 Å². The Kier molecular flexibility index (Phi) is 4.24. The van der Waals surface area contributed by atoms with Crippen LogP contribution >= 0.6 is 0 Å². The van der Waals surface area contributed by atoms with Crippen LogP contribution in [0.1, 0.15) is 31.8 Å². The van der Waals surface area contributed by atoms with E-state index in [0.717, 1.165) is 11.1 Å². The summed E-state index contributed by atoms with van der Waals surface area (Å²) in [6.45, 7) is 2.33. The molecule has 1 amide bonds. The van der Waals surface area contributed by atoms with Gasteiger partial charge in [-0.1, -0.05) is 29.8 Å². The lowest BCUT2D eigenvalue weighted by molar-refractivity contribution is 0.0949. The number of aromatic nitrogens is 1. The zero-order valence-corrected chi connectivity index (χ0v) is 13.2. The predicted octanol–water partition coefficient (Wildman–Crippen LogP) is 2.35. The van der Waals surface area contributed by atoms with E-state index >= 15 is 0 Å². The summed E-state index contributed by atoms with van der Waals surface area (Å²) in [5.41, 5.74) is 2.70. The fourth-order valence-electron chi connectivity index (χ4n) is 2.44. The molecule has 0 unspecified atom stereocenters. The molecule has 3 aromatic rings. The second-order valence-corrected chi connectivity index (χ2v) is 5.60. The number of nitrogens with zero attached hydrogens (tertiary/aromatic N) is 1. The third-order valence-electron chi connectivity index (χ3n) is 3.83. The van der Waals surface area contributed by atoms with E-state index in [0.29, 0.717) is 23.9 Å². The molecule has 0 fully saturated rings. The molecule has 0 atom stereocenters. The van der Waals surface area contributed by atoms with E-state index in [1.807, 2.05) is 31.2 Å². The number of carbonyl (C=O) groups excluding carboxylic acids is 2. The lowest BCUT2D eigenvalue weighted by Gasteiger charge is -2.07. The van der Waals surface area contributed by atoms with Gasteiger partial charge in [0, 0.05) is 23.8 Å². The molecule has 1 aromatic carbocycles. The minimum absolute atomic E-state index is 0.0441. The van der Waals surface area contributed by atoms with Crippen molar-refractivity contribution in [1.82, 2.24) is 9.72 Å². The number of nitrogens with one attached hydrogen (secondary N) is 1. The Morgan fingerprint density at radius 3 is 2.50 bits per heavy atom. The molecule has 0 aliphatic heterocycles. The summed E-state index contributed by atoms with van der Waals surface area (Å²) in [6, 6.07) is 14.3. The first-order valence-corrected chi connectivity index (χ1v) is 7.53. The molecule has 0 aliphatic carbocycles. The summed E-state index contributed by atoms with van der Waals surface area (Å²) >= 11 is 0. The number of fused-ring (bicyclic) bond motifs is 1. The van der Waals surface area contributed by atoms with E-state index < -0.39 is 11.5 Å². The summed E-state index contributed by atoms with van der Waals surface area (Å²) in [6.07, 6.45) is 2.09. The third-order valence-corrected chi connectivity index (χ3v) is 3.83.